The van der Waals surface area contributed by atoms with Crippen molar-refractivity contribution in [3.05, 3.63) is 29.3 Å². The van der Waals surface area contributed by atoms with E-state index in [2.05, 4.69) is 5.32 Å². The molecule has 2 N–H and O–H groups in total. The van der Waals surface area contributed by atoms with Crippen molar-refractivity contribution in [2.24, 2.45) is 5.92 Å². The van der Waals surface area contributed by atoms with Crippen LogP contribution in [-0.4, -0.2) is 32.2 Å². The lowest BCUT2D eigenvalue weighted by Gasteiger charge is -2.15. The van der Waals surface area contributed by atoms with Crippen LogP contribution in [0.4, 0.5) is 5.69 Å². The van der Waals surface area contributed by atoms with E-state index in [0.29, 0.717) is 10.7 Å². The Morgan fingerprint density at radius 1 is 1.30 bits per heavy atom. The second-order valence-electron chi connectivity index (χ2n) is 4.58. The minimum Gasteiger partial charge on any atom is -0.480 e. The molecule has 1 aromatic carbocycles. The zero-order valence-corrected chi connectivity index (χ0v) is 12.7. The molecule has 1 aromatic rings. The van der Waals surface area contributed by atoms with Crippen LogP contribution >= 0.6 is 11.6 Å². The van der Waals surface area contributed by atoms with Gasteiger partial charge in [-0.3, -0.25) is 13.8 Å². The van der Waals surface area contributed by atoms with Gasteiger partial charge in [0.15, 0.2) is 0 Å². The monoisotopic (exact) mass is 317 g/mol. The Morgan fingerprint density at radius 3 is 2.30 bits per heavy atom. The highest BCUT2D eigenvalue weighted by Crippen LogP contribution is 2.14. The van der Waals surface area contributed by atoms with Crippen molar-refractivity contribution < 1.29 is 18.9 Å². The predicted octanol–water partition coefficient (Wildman–Crippen LogP) is 2.14. The van der Waals surface area contributed by atoms with Crippen molar-refractivity contribution >= 4 is 40.0 Å². The number of hydrogen-bond donors (Lipinski definition) is 2. The van der Waals surface area contributed by atoms with Crippen molar-refractivity contribution in [2.45, 2.75) is 19.1 Å². The van der Waals surface area contributed by atoms with Gasteiger partial charge in [-0.1, -0.05) is 25.4 Å². The molecule has 7 heteroatoms. The van der Waals surface area contributed by atoms with Gasteiger partial charge in [0.2, 0.25) is 5.91 Å². The molecule has 1 rings (SSSR count). The summed E-state index contributed by atoms with van der Waals surface area (Å²) in [6.07, 6.45) is 0. The molecule has 0 aliphatic carbocycles. The number of halogens is 1. The quantitative estimate of drug-likeness (QED) is 0.842. The molecule has 0 heterocycles. The number of carbonyl (C=O) groups excluding carboxylic acids is 1. The molecule has 0 saturated heterocycles. The molecule has 0 bridgehead atoms. The first kappa shape index (κ1) is 16.7. The minimum absolute atomic E-state index is 0.309. The molecule has 1 amide bonds. The van der Waals surface area contributed by atoms with E-state index in [4.69, 9.17) is 16.7 Å². The second kappa shape index (κ2) is 7.40. The Morgan fingerprint density at radius 2 is 1.85 bits per heavy atom. The van der Waals surface area contributed by atoms with Gasteiger partial charge in [0.25, 0.3) is 0 Å². The summed E-state index contributed by atoms with van der Waals surface area (Å²) in [5.74, 6) is -2.30. The van der Waals surface area contributed by atoms with Crippen molar-refractivity contribution in [2.75, 3.05) is 11.1 Å². The van der Waals surface area contributed by atoms with Crippen molar-refractivity contribution in [3.63, 3.8) is 0 Å². The number of anilines is 1. The van der Waals surface area contributed by atoms with Crippen LogP contribution < -0.4 is 5.32 Å². The number of aliphatic carboxylic acids is 1. The van der Waals surface area contributed by atoms with Gasteiger partial charge < -0.3 is 10.4 Å². The Kier molecular flexibility index (Phi) is 6.16. The maximum Gasteiger partial charge on any atom is 0.319 e. The summed E-state index contributed by atoms with van der Waals surface area (Å²) in [6.45, 7) is 3.32. The van der Waals surface area contributed by atoms with Crippen LogP contribution in [0.25, 0.3) is 0 Å². The number of amides is 1. The molecule has 0 aliphatic rings. The normalized spacial score (nSPS) is 13.8. The third-order valence-electron chi connectivity index (χ3n) is 2.53. The fourth-order valence-corrected chi connectivity index (χ4v) is 3.12. The average Bonchev–Trinajstić information content (AvgIpc) is 2.30. The summed E-state index contributed by atoms with van der Waals surface area (Å²) >= 11 is 5.72. The largest absolute Gasteiger partial charge is 0.480 e. The molecule has 2 unspecified atom stereocenters. The molecule has 2 atom stereocenters. The number of rotatable bonds is 6. The molecular weight excluding hydrogens is 302 g/mol. The Balaban J connectivity index is 2.63. The summed E-state index contributed by atoms with van der Waals surface area (Å²) in [7, 11) is -1.76. The summed E-state index contributed by atoms with van der Waals surface area (Å²) in [4.78, 5) is 22.7. The number of hydrogen-bond acceptors (Lipinski definition) is 3. The Labute approximate surface area is 124 Å². The van der Waals surface area contributed by atoms with Crippen molar-refractivity contribution in [1.29, 1.82) is 0 Å². The minimum atomic E-state index is -1.76. The van der Waals surface area contributed by atoms with Crippen LogP contribution in [0, 0.1) is 5.92 Å². The topological polar surface area (TPSA) is 83.5 Å². The highest BCUT2D eigenvalue weighted by Gasteiger charge is 2.29. The smallest absolute Gasteiger partial charge is 0.319 e. The predicted molar refractivity (Wildman–Crippen MR) is 79.4 cm³/mol. The zero-order chi connectivity index (χ0) is 15.3. The fraction of sp³-hybridized carbons (Fsp3) is 0.385. The standard InChI is InChI=1S/C13H16ClNO4S/c1-8(2)12(13(17)18)20(19)7-11(16)15-10-5-3-9(14)4-6-10/h3-6,8,12H,7H2,1-2H3,(H,15,16)(H,17,18). The summed E-state index contributed by atoms with van der Waals surface area (Å²) in [5.41, 5.74) is 0.521. The summed E-state index contributed by atoms with van der Waals surface area (Å²) in [5, 5.41) is 11.0. The number of carboxylic acids is 1. The van der Waals surface area contributed by atoms with Crippen LogP contribution in [0.1, 0.15) is 13.8 Å². The average molecular weight is 318 g/mol. The molecular formula is C13H16ClNO4S. The van der Waals surface area contributed by atoms with Gasteiger partial charge in [-0.15, -0.1) is 0 Å². The molecule has 0 saturated carbocycles. The van der Waals surface area contributed by atoms with Gasteiger partial charge in [0.05, 0.1) is 0 Å². The van der Waals surface area contributed by atoms with Gasteiger partial charge in [-0.05, 0) is 30.2 Å². The second-order valence-corrected chi connectivity index (χ2v) is 6.58. The Hall–Kier alpha value is -1.40. The van der Waals surface area contributed by atoms with E-state index < -0.39 is 27.9 Å². The molecule has 5 nitrogen and oxygen atoms in total. The van der Waals surface area contributed by atoms with E-state index in [1.165, 1.54) is 0 Å². The van der Waals surface area contributed by atoms with Crippen molar-refractivity contribution in [1.82, 2.24) is 0 Å². The van der Waals surface area contributed by atoms with Crippen molar-refractivity contribution in [3.8, 4) is 0 Å². The van der Waals surface area contributed by atoms with Crippen LogP contribution in [0.2, 0.25) is 5.02 Å². The van der Waals surface area contributed by atoms with Crippen LogP contribution in [0.5, 0.6) is 0 Å². The molecule has 0 aromatic heterocycles. The highest BCUT2D eigenvalue weighted by atomic mass is 35.5. The van der Waals surface area contributed by atoms with E-state index in [-0.39, 0.29) is 11.7 Å². The van der Waals surface area contributed by atoms with E-state index >= 15 is 0 Å². The molecule has 0 radical (unpaired) electrons. The lowest BCUT2D eigenvalue weighted by molar-refractivity contribution is -0.137. The number of benzene rings is 1. The number of carbonyl (C=O) groups is 2. The highest BCUT2D eigenvalue weighted by molar-refractivity contribution is 7.87. The van der Waals surface area contributed by atoms with Gasteiger partial charge in [-0.25, -0.2) is 0 Å². The van der Waals surface area contributed by atoms with E-state index in [1.54, 1.807) is 38.1 Å². The maximum absolute atomic E-state index is 11.9. The van der Waals surface area contributed by atoms with Gasteiger partial charge in [-0.2, -0.15) is 0 Å². The van der Waals surface area contributed by atoms with Crippen LogP contribution in [0.3, 0.4) is 0 Å². The van der Waals surface area contributed by atoms with Crippen LogP contribution in [-0.2, 0) is 20.4 Å². The first-order valence-electron chi connectivity index (χ1n) is 5.96. The van der Waals surface area contributed by atoms with Crippen LogP contribution in [0.15, 0.2) is 24.3 Å². The first-order valence-corrected chi connectivity index (χ1v) is 7.72. The lowest BCUT2D eigenvalue weighted by atomic mass is 10.1. The Bertz CT molecular complexity index is 516. The fourth-order valence-electron chi connectivity index (χ4n) is 1.65. The SMILES string of the molecule is CC(C)C(C(=O)O)S(=O)CC(=O)Nc1ccc(Cl)cc1. The number of carboxylic acid groups (broad SMARTS) is 1. The third-order valence-corrected chi connectivity index (χ3v) is 4.64. The summed E-state index contributed by atoms with van der Waals surface area (Å²) in [6, 6.07) is 6.45. The maximum atomic E-state index is 11.9. The van der Waals surface area contributed by atoms with E-state index in [0.717, 1.165) is 0 Å². The van der Waals surface area contributed by atoms with E-state index in [1.807, 2.05) is 0 Å². The van der Waals surface area contributed by atoms with Gasteiger partial charge >= 0.3 is 5.97 Å². The third kappa shape index (κ3) is 4.94. The first-order chi connectivity index (χ1) is 9.31. The van der Waals surface area contributed by atoms with E-state index in [9.17, 15) is 13.8 Å². The van der Waals surface area contributed by atoms with Gasteiger partial charge in [0.1, 0.15) is 11.0 Å². The molecule has 20 heavy (non-hydrogen) atoms. The molecule has 0 fully saturated rings. The molecule has 0 aliphatic heterocycles. The van der Waals surface area contributed by atoms with Gasteiger partial charge in [0, 0.05) is 21.5 Å². The lowest BCUT2D eigenvalue weighted by Crippen LogP contribution is -2.35. The summed E-state index contributed by atoms with van der Waals surface area (Å²) < 4.78 is 11.9. The molecule has 110 valence electrons. The number of nitrogens with one attached hydrogen (secondary N) is 1. The molecule has 0 spiro atoms. The zero-order valence-electron chi connectivity index (χ0n) is 11.1.